The van der Waals surface area contributed by atoms with Crippen LogP contribution in [-0.4, -0.2) is 23.4 Å². The second-order valence-corrected chi connectivity index (χ2v) is 4.28. The third-order valence-electron chi connectivity index (χ3n) is 2.89. The van der Waals surface area contributed by atoms with E-state index >= 15 is 0 Å². The van der Waals surface area contributed by atoms with Crippen molar-refractivity contribution in [3.05, 3.63) is 65.7 Å². The summed E-state index contributed by atoms with van der Waals surface area (Å²) in [6.07, 6.45) is -0.123. The SMILES string of the molecule is OCCCOc1ccccc1C(O)c1ccccc1. The Morgan fingerprint density at radius 3 is 2.37 bits per heavy atom. The van der Waals surface area contributed by atoms with Crippen LogP contribution < -0.4 is 4.74 Å². The molecular weight excluding hydrogens is 240 g/mol. The van der Waals surface area contributed by atoms with E-state index in [1.807, 2.05) is 54.6 Å². The molecule has 0 aromatic heterocycles. The molecule has 0 bridgehead atoms. The summed E-state index contributed by atoms with van der Waals surface area (Å²) in [6.45, 7) is 0.540. The molecule has 0 saturated heterocycles. The van der Waals surface area contributed by atoms with Gasteiger partial charge in [0, 0.05) is 18.6 Å². The maximum absolute atomic E-state index is 10.4. The number of ether oxygens (including phenoxy) is 1. The van der Waals surface area contributed by atoms with E-state index < -0.39 is 6.10 Å². The predicted octanol–water partition coefficient (Wildman–Crippen LogP) is 2.53. The molecule has 0 saturated carbocycles. The average molecular weight is 258 g/mol. The fourth-order valence-corrected chi connectivity index (χ4v) is 1.90. The van der Waals surface area contributed by atoms with E-state index in [2.05, 4.69) is 0 Å². The molecule has 0 radical (unpaired) electrons. The molecule has 0 heterocycles. The lowest BCUT2D eigenvalue weighted by atomic mass is 10.0. The Morgan fingerprint density at radius 1 is 0.947 bits per heavy atom. The minimum absolute atomic E-state index is 0.101. The minimum Gasteiger partial charge on any atom is -0.493 e. The molecule has 1 unspecified atom stereocenters. The van der Waals surface area contributed by atoms with Gasteiger partial charge in [0.15, 0.2) is 0 Å². The van der Waals surface area contributed by atoms with Gasteiger partial charge in [0.2, 0.25) is 0 Å². The Hall–Kier alpha value is -1.84. The van der Waals surface area contributed by atoms with Crippen molar-refractivity contribution in [3.8, 4) is 5.75 Å². The van der Waals surface area contributed by atoms with Gasteiger partial charge in [0.1, 0.15) is 11.9 Å². The van der Waals surface area contributed by atoms with Crippen molar-refractivity contribution < 1.29 is 14.9 Å². The summed E-state index contributed by atoms with van der Waals surface area (Å²) >= 11 is 0. The number of aliphatic hydroxyl groups is 2. The molecule has 1 atom stereocenters. The van der Waals surface area contributed by atoms with Gasteiger partial charge in [-0.1, -0.05) is 48.5 Å². The fourth-order valence-electron chi connectivity index (χ4n) is 1.90. The average Bonchev–Trinajstić information content (AvgIpc) is 2.48. The Kier molecular flexibility index (Phi) is 4.95. The van der Waals surface area contributed by atoms with E-state index in [0.29, 0.717) is 18.8 Å². The second kappa shape index (κ2) is 6.92. The number of benzene rings is 2. The van der Waals surface area contributed by atoms with Crippen molar-refractivity contribution in [1.82, 2.24) is 0 Å². The van der Waals surface area contributed by atoms with Crippen molar-refractivity contribution in [1.29, 1.82) is 0 Å². The molecule has 0 aliphatic heterocycles. The number of hydrogen-bond acceptors (Lipinski definition) is 3. The van der Waals surface area contributed by atoms with E-state index in [-0.39, 0.29) is 6.61 Å². The highest BCUT2D eigenvalue weighted by Gasteiger charge is 2.14. The van der Waals surface area contributed by atoms with Crippen molar-refractivity contribution >= 4 is 0 Å². The molecule has 0 aliphatic carbocycles. The van der Waals surface area contributed by atoms with E-state index in [1.54, 1.807) is 0 Å². The summed E-state index contributed by atoms with van der Waals surface area (Å²) in [5.41, 5.74) is 1.58. The number of para-hydroxylation sites is 1. The molecule has 0 spiro atoms. The molecule has 3 nitrogen and oxygen atoms in total. The summed E-state index contributed by atoms with van der Waals surface area (Å²) in [4.78, 5) is 0. The zero-order valence-electron chi connectivity index (χ0n) is 10.7. The molecule has 3 heteroatoms. The Morgan fingerprint density at radius 2 is 1.63 bits per heavy atom. The standard InChI is InChI=1S/C16H18O3/c17-11-6-12-19-15-10-5-4-9-14(15)16(18)13-7-2-1-3-8-13/h1-5,7-10,16-18H,6,11-12H2. The van der Waals surface area contributed by atoms with E-state index in [9.17, 15) is 5.11 Å². The van der Waals surface area contributed by atoms with Gasteiger partial charge in [-0.15, -0.1) is 0 Å². The summed E-state index contributed by atoms with van der Waals surface area (Å²) in [7, 11) is 0. The Labute approximate surface area is 113 Å². The van der Waals surface area contributed by atoms with Gasteiger partial charge in [-0.05, 0) is 11.6 Å². The maximum atomic E-state index is 10.4. The van der Waals surface area contributed by atoms with Crippen molar-refractivity contribution in [2.24, 2.45) is 0 Å². The maximum Gasteiger partial charge on any atom is 0.125 e. The summed E-state index contributed by atoms with van der Waals surface area (Å²) in [5, 5.41) is 19.2. The van der Waals surface area contributed by atoms with Crippen LogP contribution >= 0.6 is 0 Å². The van der Waals surface area contributed by atoms with Crippen LogP contribution in [0.1, 0.15) is 23.7 Å². The molecule has 0 amide bonds. The van der Waals surface area contributed by atoms with Crippen LogP contribution in [0.25, 0.3) is 0 Å². The first-order valence-electron chi connectivity index (χ1n) is 6.38. The number of aliphatic hydroxyl groups excluding tert-OH is 2. The van der Waals surface area contributed by atoms with Crippen LogP contribution in [-0.2, 0) is 0 Å². The monoisotopic (exact) mass is 258 g/mol. The lowest BCUT2D eigenvalue weighted by molar-refractivity contribution is 0.203. The normalized spacial score (nSPS) is 12.1. The molecule has 2 rings (SSSR count). The number of hydrogen-bond donors (Lipinski definition) is 2. The van der Waals surface area contributed by atoms with Crippen LogP contribution in [0.3, 0.4) is 0 Å². The van der Waals surface area contributed by atoms with Crippen LogP contribution in [0.15, 0.2) is 54.6 Å². The molecule has 2 N–H and O–H groups in total. The Balaban J connectivity index is 2.19. The highest BCUT2D eigenvalue weighted by Crippen LogP contribution is 2.29. The van der Waals surface area contributed by atoms with Crippen LogP contribution in [0.5, 0.6) is 5.75 Å². The van der Waals surface area contributed by atoms with Crippen molar-refractivity contribution in [3.63, 3.8) is 0 Å². The lowest BCUT2D eigenvalue weighted by Crippen LogP contribution is -2.06. The molecule has 2 aromatic rings. The van der Waals surface area contributed by atoms with Gasteiger partial charge in [-0.3, -0.25) is 0 Å². The van der Waals surface area contributed by atoms with Crippen LogP contribution in [0.2, 0.25) is 0 Å². The third-order valence-corrected chi connectivity index (χ3v) is 2.89. The van der Waals surface area contributed by atoms with E-state index in [1.165, 1.54) is 0 Å². The minimum atomic E-state index is -0.702. The molecule has 0 fully saturated rings. The second-order valence-electron chi connectivity index (χ2n) is 4.28. The van der Waals surface area contributed by atoms with Crippen LogP contribution in [0.4, 0.5) is 0 Å². The zero-order chi connectivity index (χ0) is 13.5. The largest absolute Gasteiger partial charge is 0.493 e. The van der Waals surface area contributed by atoms with Crippen molar-refractivity contribution in [2.75, 3.05) is 13.2 Å². The zero-order valence-corrected chi connectivity index (χ0v) is 10.7. The topological polar surface area (TPSA) is 49.7 Å². The molecule has 2 aromatic carbocycles. The predicted molar refractivity (Wildman–Crippen MR) is 74.1 cm³/mol. The summed E-state index contributed by atoms with van der Waals surface area (Å²) in [6, 6.07) is 16.9. The smallest absolute Gasteiger partial charge is 0.125 e. The van der Waals surface area contributed by atoms with Crippen molar-refractivity contribution in [2.45, 2.75) is 12.5 Å². The van der Waals surface area contributed by atoms with Gasteiger partial charge in [-0.2, -0.15) is 0 Å². The van der Waals surface area contributed by atoms with Gasteiger partial charge in [0.25, 0.3) is 0 Å². The molecular formula is C16H18O3. The third kappa shape index (κ3) is 3.56. The lowest BCUT2D eigenvalue weighted by Gasteiger charge is -2.16. The Bertz CT molecular complexity index is 496. The quantitative estimate of drug-likeness (QED) is 0.783. The first-order valence-corrected chi connectivity index (χ1v) is 6.38. The summed E-state index contributed by atoms with van der Waals surface area (Å²) < 4.78 is 5.60. The van der Waals surface area contributed by atoms with Crippen LogP contribution in [0, 0.1) is 0 Å². The van der Waals surface area contributed by atoms with E-state index in [4.69, 9.17) is 9.84 Å². The first-order chi connectivity index (χ1) is 9.33. The highest BCUT2D eigenvalue weighted by molar-refractivity contribution is 5.40. The van der Waals surface area contributed by atoms with Gasteiger partial charge in [0.05, 0.1) is 6.61 Å². The molecule has 19 heavy (non-hydrogen) atoms. The van der Waals surface area contributed by atoms with Gasteiger partial charge in [-0.25, -0.2) is 0 Å². The molecule has 100 valence electrons. The van der Waals surface area contributed by atoms with Gasteiger partial charge >= 0.3 is 0 Å². The first kappa shape index (κ1) is 13.6. The molecule has 0 aliphatic rings. The highest BCUT2D eigenvalue weighted by atomic mass is 16.5. The van der Waals surface area contributed by atoms with Gasteiger partial charge < -0.3 is 14.9 Å². The number of rotatable bonds is 6. The summed E-state index contributed by atoms with van der Waals surface area (Å²) in [5.74, 6) is 0.660. The fraction of sp³-hybridized carbons (Fsp3) is 0.250. The van der Waals surface area contributed by atoms with E-state index in [0.717, 1.165) is 11.1 Å².